The van der Waals surface area contributed by atoms with Gasteiger partial charge in [-0.05, 0) is 42.6 Å². The molecule has 0 saturated heterocycles. The molecule has 0 unspecified atom stereocenters. The molecule has 41 heavy (non-hydrogen) atoms. The molecule has 9 nitrogen and oxygen atoms in total. The smallest absolute Gasteiger partial charge is 0.253 e. The number of anilines is 1. The number of carbonyl (C=O) groups is 1. The van der Waals surface area contributed by atoms with Gasteiger partial charge in [0.2, 0.25) is 0 Å². The van der Waals surface area contributed by atoms with E-state index < -0.39 is 5.25 Å². The van der Waals surface area contributed by atoms with Crippen molar-refractivity contribution in [2.45, 2.75) is 23.9 Å². The van der Waals surface area contributed by atoms with Gasteiger partial charge in [0, 0.05) is 28.4 Å². The molecule has 5 rings (SSSR count). The SMILES string of the molecule is COc1ccc(/C=N\NC(=O)[C@@H](C)Sc2nnc(CNc3cccc4ccccc34)n2-c2ccccc2)c(OC)c1. The number of benzene rings is 4. The number of nitrogens with zero attached hydrogens (tertiary/aromatic N) is 4. The summed E-state index contributed by atoms with van der Waals surface area (Å²) in [5, 5.41) is 19.0. The van der Waals surface area contributed by atoms with E-state index >= 15 is 0 Å². The summed E-state index contributed by atoms with van der Waals surface area (Å²) in [6.07, 6.45) is 1.54. The molecule has 4 aromatic carbocycles. The van der Waals surface area contributed by atoms with Gasteiger partial charge in [0.1, 0.15) is 11.5 Å². The van der Waals surface area contributed by atoms with E-state index in [4.69, 9.17) is 9.47 Å². The quantitative estimate of drug-likeness (QED) is 0.120. The Morgan fingerprint density at radius 3 is 2.56 bits per heavy atom. The van der Waals surface area contributed by atoms with E-state index in [1.807, 2.05) is 66.1 Å². The molecule has 208 valence electrons. The number of amides is 1. The third kappa shape index (κ3) is 6.50. The number of methoxy groups -OCH3 is 2. The maximum atomic E-state index is 12.9. The van der Waals surface area contributed by atoms with Crippen LogP contribution < -0.4 is 20.2 Å². The third-order valence-corrected chi connectivity index (χ3v) is 7.45. The number of para-hydroxylation sites is 1. The monoisotopic (exact) mass is 566 g/mol. The van der Waals surface area contributed by atoms with Crippen LogP contribution >= 0.6 is 11.8 Å². The lowest BCUT2D eigenvalue weighted by Gasteiger charge is -2.14. The Morgan fingerprint density at radius 1 is 0.976 bits per heavy atom. The van der Waals surface area contributed by atoms with Gasteiger partial charge >= 0.3 is 0 Å². The molecule has 1 heterocycles. The molecule has 0 bridgehead atoms. The van der Waals surface area contributed by atoms with Crippen LogP contribution in [-0.4, -0.2) is 46.4 Å². The number of thioether (sulfide) groups is 1. The highest BCUT2D eigenvalue weighted by Crippen LogP contribution is 2.28. The largest absolute Gasteiger partial charge is 0.497 e. The van der Waals surface area contributed by atoms with Crippen LogP contribution in [0.5, 0.6) is 11.5 Å². The van der Waals surface area contributed by atoms with Crippen molar-refractivity contribution >= 4 is 40.3 Å². The van der Waals surface area contributed by atoms with Gasteiger partial charge in [0.15, 0.2) is 11.0 Å². The first-order chi connectivity index (χ1) is 20.1. The Labute approximate surface area is 242 Å². The molecule has 1 aromatic heterocycles. The zero-order valence-electron chi connectivity index (χ0n) is 22.9. The number of rotatable bonds is 11. The lowest BCUT2D eigenvalue weighted by atomic mass is 10.1. The summed E-state index contributed by atoms with van der Waals surface area (Å²) in [5.41, 5.74) is 5.25. The minimum Gasteiger partial charge on any atom is -0.497 e. The van der Waals surface area contributed by atoms with E-state index in [2.05, 4.69) is 50.3 Å². The van der Waals surface area contributed by atoms with Crippen molar-refractivity contribution in [3.63, 3.8) is 0 Å². The zero-order valence-corrected chi connectivity index (χ0v) is 23.8. The van der Waals surface area contributed by atoms with Crippen LogP contribution in [0.15, 0.2) is 101 Å². The number of carbonyl (C=O) groups excluding carboxylic acids is 1. The van der Waals surface area contributed by atoms with E-state index in [1.165, 1.54) is 18.0 Å². The van der Waals surface area contributed by atoms with Crippen LogP contribution in [0.3, 0.4) is 0 Å². The molecule has 5 aromatic rings. The average Bonchev–Trinajstić information content (AvgIpc) is 3.42. The number of ether oxygens (including phenoxy) is 2. The van der Waals surface area contributed by atoms with Crippen molar-refractivity contribution in [3.8, 4) is 17.2 Å². The van der Waals surface area contributed by atoms with Crippen LogP contribution in [-0.2, 0) is 11.3 Å². The number of nitrogens with one attached hydrogen (secondary N) is 2. The normalized spacial score (nSPS) is 11.9. The molecule has 1 amide bonds. The van der Waals surface area contributed by atoms with Gasteiger partial charge in [-0.1, -0.05) is 66.4 Å². The Kier molecular flexibility index (Phi) is 8.80. The van der Waals surface area contributed by atoms with Gasteiger partial charge in [-0.2, -0.15) is 5.10 Å². The second-order valence-corrected chi connectivity index (χ2v) is 10.4. The van der Waals surface area contributed by atoms with Crippen molar-refractivity contribution < 1.29 is 14.3 Å². The Bertz CT molecular complexity index is 1670. The molecule has 0 aliphatic carbocycles. The van der Waals surface area contributed by atoms with Gasteiger partial charge in [-0.15, -0.1) is 10.2 Å². The zero-order chi connectivity index (χ0) is 28.6. The molecule has 0 aliphatic heterocycles. The summed E-state index contributed by atoms with van der Waals surface area (Å²) in [6, 6.07) is 29.6. The lowest BCUT2D eigenvalue weighted by molar-refractivity contribution is -0.120. The second kappa shape index (κ2) is 13.0. The molecule has 0 saturated carbocycles. The summed E-state index contributed by atoms with van der Waals surface area (Å²) in [7, 11) is 3.16. The van der Waals surface area contributed by atoms with Gasteiger partial charge in [-0.3, -0.25) is 9.36 Å². The van der Waals surface area contributed by atoms with Crippen LogP contribution in [0.2, 0.25) is 0 Å². The highest BCUT2D eigenvalue weighted by atomic mass is 32.2. The lowest BCUT2D eigenvalue weighted by Crippen LogP contribution is -2.27. The molecule has 10 heteroatoms. The number of hydrogen-bond acceptors (Lipinski definition) is 8. The molecule has 0 radical (unpaired) electrons. The highest BCUT2D eigenvalue weighted by Gasteiger charge is 2.21. The topological polar surface area (TPSA) is 103 Å². The minimum atomic E-state index is -0.490. The minimum absolute atomic E-state index is 0.267. The number of aromatic nitrogens is 3. The maximum absolute atomic E-state index is 12.9. The van der Waals surface area contributed by atoms with Gasteiger partial charge in [0.25, 0.3) is 5.91 Å². The van der Waals surface area contributed by atoms with Crippen LogP contribution in [0.1, 0.15) is 18.3 Å². The Balaban J connectivity index is 1.31. The van der Waals surface area contributed by atoms with Crippen molar-refractivity contribution in [1.82, 2.24) is 20.2 Å². The number of hydrazone groups is 1. The van der Waals surface area contributed by atoms with Crippen molar-refractivity contribution in [1.29, 1.82) is 0 Å². The third-order valence-electron chi connectivity index (χ3n) is 6.41. The van der Waals surface area contributed by atoms with Gasteiger partial charge < -0.3 is 14.8 Å². The number of fused-ring (bicyclic) bond motifs is 1. The van der Waals surface area contributed by atoms with Crippen molar-refractivity contribution in [2.75, 3.05) is 19.5 Å². The predicted molar refractivity (Wildman–Crippen MR) is 163 cm³/mol. The molecule has 0 spiro atoms. The maximum Gasteiger partial charge on any atom is 0.253 e. The predicted octanol–water partition coefficient (Wildman–Crippen LogP) is 5.68. The van der Waals surface area contributed by atoms with Crippen LogP contribution in [0.4, 0.5) is 5.69 Å². The highest BCUT2D eigenvalue weighted by molar-refractivity contribution is 8.00. The fourth-order valence-corrected chi connectivity index (χ4v) is 5.15. The molecule has 0 aliphatic rings. The van der Waals surface area contributed by atoms with E-state index in [0.29, 0.717) is 28.8 Å². The summed E-state index contributed by atoms with van der Waals surface area (Å²) in [6.45, 7) is 2.26. The van der Waals surface area contributed by atoms with E-state index in [1.54, 1.807) is 26.4 Å². The fraction of sp³-hybridized carbons (Fsp3) is 0.161. The van der Waals surface area contributed by atoms with Crippen molar-refractivity contribution in [3.05, 3.63) is 102 Å². The summed E-state index contributed by atoms with van der Waals surface area (Å²) >= 11 is 1.31. The summed E-state index contributed by atoms with van der Waals surface area (Å²) in [5.74, 6) is 1.72. The van der Waals surface area contributed by atoms with E-state index in [0.717, 1.165) is 28.0 Å². The average molecular weight is 567 g/mol. The van der Waals surface area contributed by atoms with E-state index in [9.17, 15) is 4.79 Å². The second-order valence-electron chi connectivity index (χ2n) is 9.05. The van der Waals surface area contributed by atoms with Gasteiger partial charge in [-0.25, -0.2) is 5.43 Å². The van der Waals surface area contributed by atoms with E-state index in [-0.39, 0.29) is 5.91 Å². The molecule has 1 atom stereocenters. The molecular weight excluding hydrogens is 536 g/mol. The number of hydrogen-bond donors (Lipinski definition) is 2. The first kappa shape index (κ1) is 27.7. The first-order valence-corrected chi connectivity index (χ1v) is 13.9. The standard InChI is InChI=1S/C31H30N6O3S/c1-21(30(38)35-33-19-23-16-17-25(39-2)18-28(23)40-3)41-31-36-34-29(37(31)24-12-5-4-6-13-24)20-32-27-15-9-11-22-10-7-8-14-26(22)27/h4-19,21,32H,20H2,1-3H3,(H,35,38)/b33-19-/t21-/m1/s1. The van der Waals surface area contributed by atoms with Crippen molar-refractivity contribution in [2.24, 2.45) is 5.10 Å². The summed E-state index contributed by atoms with van der Waals surface area (Å²) in [4.78, 5) is 12.9. The fourth-order valence-electron chi connectivity index (χ4n) is 4.27. The summed E-state index contributed by atoms with van der Waals surface area (Å²) < 4.78 is 12.6. The molecule has 2 N–H and O–H groups in total. The van der Waals surface area contributed by atoms with Crippen LogP contribution in [0, 0.1) is 0 Å². The molecular formula is C31H30N6O3S. The Morgan fingerprint density at radius 2 is 1.76 bits per heavy atom. The first-order valence-electron chi connectivity index (χ1n) is 13.0. The Hall–Kier alpha value is -4.83. The molecule has 0 fully saturated rings. The van der Waals surface area contributed by atoms with Crippen LogP contribution in [0.25, 0.3) is 16.5 Å². The van der Waals surface area contributed by atoms with Gasteiger partial charge in [0.05, 0.1) is 32.2 Å².